The average Bonchev–Trinajstić information content (AvgIpc) is 2.36. The molecule has 0 aliphatic rings. The second-order valence-electron chi connectivity index (χ2n) is 3.79. The third kappa shape index (κ3) is 3.27. The van der Waals surface area contributed by atoms with Crippen molar-refractivity contribution in [2.45, 2.75) is 19.5 Å². The highest BCUT2D eigenvalue weighted by molar-refractivity contribution is 5.72. The van der Waals surface area contributed by atoms with E-state index in [9.17, 15) is 9.90 Å². The molecule has 0 radical (unpaired) electrons. The molecule has 1 aromatic carbocycles. The maximum absolute atomic E-state index is 10.7. The fraction of sp³-hybridized carbons (Fsp3) is 0.417. The van der Waals surface area contributed by atoms with Gasteiger partial charge in [-0.15, -0.1) is 0 Å². The maximum Gasteiger partial charge on any atom is 0.320 e. The number of aromatic hydroxyl groups is 1. The molecule has 0 bridgehead atoms. The number of aliphatic carboxylic acids is 1. The van der Waals surface area contributed by atoms with E-state index >= 15 is 0 Å². The molecule has 6 heteroatoms. The molecule has 0 spiro atoms. The van der Waals surface area contributed by atoms with Crippen molar-refractivity contribution >= 4 is 5.97 Å². The zero-order valence-electron chi connectivity index (χ0n) is 10.6. The fourth-order valence-corrected chi connectivity index (χ4v) is 1.41. The van der Waals surface area contributed by atoms with Crippen molar-refractivity contribution in [1.29, 1.82) is 0 Å². The van der Waals surface area contributed by atoms with Gasteiger partial charge < -0.3 is 25.0 Å². The summed E-state index contributed by atoms with van der Waals surface area (Å²) in [6.07, 6.45) is 0. The minimum Gasteiger partial charge on any atom is -0.502 e. The second kappa shape index (κ2) is 6.11. The number of nitrogens with one attached hydrogen (secondary N) is 1. The first-order chi connectivity index (χ1) is 8.49. The Morgan fingerprint density at radius 2 is 1.83 bits per heavy atom. The van der Waals surface area contributed by atoms with Gasteiger partial charge in [0.15, 0.2) is 11.5 Å². The van der Waals surface area contributed by atoms with Crippen molar-refractivity contribution in [3.05, 3.63) is 17.7 Å². The van der Waals surface area contributed by atoms with Crippen molar-refractivity contribution in [1.82, 2.24) is 5.32 Å². The first kappa shape index (κ1) is 14.1. The summed E-state index contributed by atoms with van der Waals surface area (Å²) >= 11 is 0. The Kier molecular flexibility index (Phi) is 4.79. The molecule has 0 fully saturated rings. The van der Waals surface area contributed by atoms with Crippen LogP contribution in [0.15, 0.2) is 12.1 Å². The Balaban J connectivity index is 2.86. The van der Waals surface area contributed by atoms with E-state index in [1.807, 2.05) is 0 Å². The minimum absolute atomic E-state index is 0.0740. The third-order valence-electron chi connectivity index (χ3n) is 2.52. The lowest BCUT2D eigenvalue weighted by molar-refractivity contribution is -0.139. The number of carboxylic acids is 1. The molecule has 1 rings (SSSR count). The predicted octanol–water partition coefficient (Wildman–Crippen LogP) is 0.972. The van der Waals surface area contributed by atoms with Crippen LogP contribution in [0.25, 0.3) is 0 Å². The number of benzene rings is 1. The number of carbonyl (C=O) groups is 1. The largest absolute Gasteiger partial charge is 0.502 e. The highest BCUT2D eigenvalue weighted by atomic mass is 16.5. The summed E-state index contributed by atoms with van der Waals surface area (Å²) in [6, 6.07) is 2.59. The number of ether oxygens (including phenoxy) is 2. The van der Waals surface area contributed by atoms with Crippen LogP contribution in [0.4, 0.5) is 0 Å². The molecule has 0 aromatic heterocycles. The lowest BCUT2D eigenvalue weighted by Crippen LogP contribution is -2.33. The molecule has 0 aliphatic heterocycles. The summed E-state index contributed by atoms with van der Waals surface area (Å²) in [6.45, 7) is 1.89. The molecule has 0 saturated carbocycles. The molecule has 3 N–H and O–H groups in total. The Morgan fingerprint density at radius 3 is 2.22 bits per heavy atom. The predicted molar refractivity (Wildman–Crippen MR) is 65.1 cm³/mol. The third-order valence-corrected chi connectivity index (χ3v) is 2.52. The van der Waals surface area contributed by atoms with Gasteiger partial charge in [0.1, 0.15) is 6.04 Å². The number of phenols is 1. The molecule has 100 valence electrons. The minimum atomic E-state index is -0.923. The topological polar surface area (TPSA) is 88.0 Å². The van der Waals surface area contributed by atoms with Crippen molar-refractivity contribution in [2.24, 2.45) is 0 Å². The first-order valence-electron chi connectivity index (χ1n) is 5.39. The normalized spacial score (nSPS) is 11.9. The second-order valence-corrected chi connectivity index (χ2v) is 3.79. The Morgan fingerprint density at radius 1 is 1.33 bits per heavy atom. The van der Waals surface area contributed by atoms with Gasteiger partial charge in [0.2, 0.25) is 5.75 Å². The van der Waals surface area contributed by atoms with E-state index in [1.54, 1.807) is 19.1 Å². The average molecular weight is 255 g/mol. The van der Waals surface area contributed by atoms with Crippen LogP contribution in [0.1, 0.15) is 12.5 Å². The smallest absolute Gasteiger partial charge is 0.320 e. The van der Waals surface area contributed by atoms with Crippen LogP contribution in [0.5, 0.6) is 17.2 Å². The van der Waals surface area contributed by atoms with Crippen LogP contribution in [0.3, 0.4) is 0 Å². The summed E-state index contributed by atoms with van der Waals surface area (Å²) in [5, 5.41) is 21.3. The zero-order chi connectivity index (χ0) is 13.7. The van der Waals surface area contributed by atoms with E-state index in [2.05, 4.69) is 5.32 Å². The van der Waals surface area contributed by atoms with Gasteiger partial charge in [-0.1, -0.05) is 0 Å². The molecule has 18 heavy (non-hydrogen) atoms. The van der Waals surface area contributed by atoms with Crippen molar-refractivity contribution in [3.8, 4) is 17.2 Å². The van der Waals surface area contributed by atoms with Crippen molar-refractivity contribution in [3.63, 3.8) is 0 Å². The van der Waals surface area contributed by atoms with Gasteiger partial charge in [0.25, 0.3) is 0 Å². The van der Waals surface area contributed by atoms with E-state index in [4.69, 9.17) is 14.6 Å². The molecule has 1 atom stereocenters. The zero-order valence-corrected chi connectivity index (χ0v) is 10.6. The number of hydrogen-bond acceptors (Lipinski definition) is 5. The Labute approximate surface area is 105 Å². The molecule has 1 aromatic rings. The first-order valence-corrected chi connectivity index (χ1v) is 5.39. The van der Waals surface area contributed by atoms with Gasteiger partial charge in [-0.25, -0.2) is 0 Å². The lowest BCUT2D eigenvalue weighted by atomic mass is 10.1. The van der Waals surface area contributed by atoms with E-state index in [-0.39, 0.29) is 17.2 Å². The number of methoxy groups -OCH3 is 2. The van der Waals surface area contributed by atoms with E-state index in [0.29, 0.717) is 6.54 Å². The molecular formula is C12H17NO5. The fourth-order valence-electron chi connectivity index (χ4n) is 1.41. The monoisotopic (exact) mass is 255 g/mol. The quantitative estimate of drug-likeness (QED) is 0.702. The maximum atomic E-state index is 10.7. The Hall–Kier alpha value is -1.95. The van der Waals surface area contributed by atoms with Crippen LogP contribution in [0, 0.1) is 0 Å². The molecule has 0 heterocycles. The number of hydrogen-bond donors (Lipinski definition) is 3. The van der Waals surface area contributed by atoms with Gasteiger partial charge >= 0.3 is 5.97 Å². The SMILES string of the molecule is COc1cc(CNC(C)C(=O)O)cc(OC)c1O. The highest BCUT2D eigenvalue weighted by Gasteiger charge is 2.13. The van der Waals surface area contributed by atoms with Crippen LogP contribution >= 0.6 is 0 Å². The van der Waals surface area contributed by atoms with Gasteiger partial charge in [0, 0.05) is 6.54 Å². The van der Waals surface area contributed by atoms with E-state index in [1.165, 1.54) is 14.2 Å². The van der Waals surface area contributed by atoms with E-state index < -0.39 is 12.0 Å². The molecule has 1 unspecified atom stereocenters. The van der Waals surface area contributed by atoms with Crippen molar-refractivity contribution in [2.75, 3.05) is 14.2 Å². The standard InChI is InChI=1S/C12H17NO5/c1-7(12(15)16)13-6-8-4-9(17-2)11(14)10(5-8)18-3/h4-5,7,13-14H,6H2,1-3H3,(H,15,16). The van der Waals surface area contributed by atoms with Gasteiger partial charge in [-0.3, -0.25) is 4.79 Å². The van der Waals surface area contributed by atoms with E-state index in [0.717, 1.165) is 5.56 Å². The highest BCUT2D eigenvalue weighted by Crippen LogP contribution is 2.36. The summed E-state index contributed by atoms with van der Waals surface area (Å²) in [7, 11) is 2.87. The number of carboxylic acid groups (broad SMARTS) is 1. The molecular weight excluding hydrogens is 238 g/mol. The molecule has 0 amide bonds. The van der Waals surface area contributed by atoms with Crippen LogP contribution in [-0.2, 0) is 11.3 Å². The van der Waals surface area contributed by atoms with Gasteiger partial charge in [-0.05, 0) is 24.6 Å². The Bertz CT molecular complexity index is 407. The summed E-state index contributed by atoms with van der Waals surface area (Å²) < 4.78 is 10.0. The molecule has 6 nitrogen and oxygen atoms in total. The van der Waals surface area contributed by atoms with Crippen LogP contribution < -0.4 is 14.8 Å². The van der Waals surface area contributed by atoms with Gasteiger partial charge in [-0.2, -0.15) is 0 Å². The number of rotatable bonds is 6. The van der Waals surface area contributed by atoms with Crippen molar-refractivity contribution < 1.29 is 24.5 Å². The lowest BCUT2D eigenvalue weighted by Gasteiger charge is -2.13. The van der Waals surface area contributed by atoms with Crippen LogP contribution in [0.2, 0.25) is 0 Å². The number of phenolic OH excluding ortho intramolecular Hbond substituents is 1. The van der Waals surface area contributed by atoms with Gasteiger partial charge in [0.05, 0.1) is 14.2 Å². The molecule has 0 saturated heterocycles. The summed E-state index contributed by atoms with van der Waals surface area (Å²) in [4.78, 5) is 10.7. The molecule has 0 aliphatic carbocycles. The van der Waals surface area contributed by atoms with Crippen LogP contribution in [-0.4, -0.2) is 36.4 Å². The summed E-state index contributed by atoms with van der Waals surface area (Å²) in [5.41, 5.74) is 0.759. The summed E-state index contributed by atoms with van der Waals surface area (Å²) in [5.74, 6) is -0.425.